The Kier molecular flexibility index (Phi) is 7.11. The van der Waals surface area contributed by atoms with E-state index in [1.54, 1.807) is 20.0 Å². The third kappa shape index (κ3) is 5.26. The molecule has 0 unspecified atom stereocenters. The lowest BCUT2D eigenvalue weighted by Crippen LogP contribution is -2.42. The molecule has 1 aromatic heterocycles. The first-order valence-electron chi connectivity index (χ1n) is 8.48. The van der Waals surface area contributed by atoms with Crippen LogP contribution in [0, 0.1) is 6.92 Å². The predicted molar refractivity (Wildman–Crippen MR) is 93.3 cm³/mol. The summed E-state index contributed by atoms with van der Waals surface area (Å²) < 4.78 is 10.3. The van der Waals surface area contributed by atoms with Gasteiger partial charge in [0.15, 0.2) is 5.96 Å². The lowest BCUT2D eigenvalue weighted by atomic mass is 10.1. The van der Waals surface area contributed by atoms with E-state index in [-0.39, 0.29) is 5.97 Å². The van der Waals surface area contributed by atoms with Crippen LogP contribution >= 0.6 is 0 Å². The normalized spacial score (nSPS) is 16.0. The topological polar surface area (TPSA) is 79.1 Å². The van der Waals surface area contributed by atoms with Crippen molar-refractivity contribution < 1.29 is 13.9 Å². The molecule has 0 atom stereocenters. The number of nitrogens with one attached hydrogen (secondary N) is 2. The molecule has 1 saturated heterocycles. The van der Waals surface area contributed by atoms with Crippen molar-refractivity contribution >= 4 is 11.9 Å². The number of hydrogen-bond acceptors (Lipinski definition) is 5. The number of nitrogens with zero attached hydrogens (tertiary/aromatic N) is 2. The van der Waals surface area contributed by atoms with Crippen molar-refractivity contribution in [2.45, 2.75) is 32.7 Å². The molecular weight excluding hydrogens is 308 g/mol. The number of furan rings is 1. The van der Waals surface area contributed by atoms with Crippen LogP contribution < -0.4 is 10.6 Å². The quantitative estimate of drug-likeness (QED) is 0.466. The molecule has 0 bridgehead atoms. The van der Waals surface area contributed by atoms with Gasteiger partial charge < -0.3 is 24.7 Å². The smallest absolute Gasteiger partial charge is 0.341 e. The van der Waals surface area contributed by atoms with Crippen LogP contribution in [0.5, 0.6) is 0 Å². The number of aryl methyl sites for hydroxylation is 1. The summed E-state index contributed by atoms with van der Waals surface area (Å²) in [4.78, 5) is 18.3. The zero-order valence-corrected chi connectivity index (χ0v) is 14.9. The van der Waals surface area contributed by atoms with Crippen molar-refractivity contribution in [3.63, 3.8) is 0 Å². The molecule has 2 rings (SSSR count). The summed E-state index contributed by atoms with van der Waals surface area (Å²) in [6.45, 7) is 6.46. The molecule has 24 heavy (non-hydrogen) atoms. The van der Waals surface area contributed by atoms with Gasteiger partial charge in [0.1, 0.15) is 17.1 Å². The Morgan fingerprint density at radius 2 is 2.08 bits per heavy atom. The van der Waals surface area contributed by atoms with Crippen molar-refractivity contribution in [3.8, 4) is 0 Å². The zero-order valence-electron chi connectivity index (χ0n) is 14.9. The van der Waals surface area contributed by atoms with E-state index in [1.807, 2.05) is 0 Å². The first-order chi connectivity index (χ1) is 11.6. The summed E-state index contributed by atoms with van der Waals surface area (Å²) in [7, 11) is 3.10. The molecule has 1 aromatic rings. The van der Waals surface area contributed by atoms with Crippen LogP contribution in [0.15, 0.2) is 15.5 Å². The largest absolute Gasteiger partial charge is 0.465 e. The first-order valence-corrected chi connectivity index (χ1v) is 8.48. The highest BCUT2D eigenvalue weighted by atomic mass is 16.5. The van der Waals surface area contributed by atoms with E-state index < -0.39 is 0 Å². The van der Waals surface area contributed by atoms with E-state index in [4.69, 9.17) is 9.15 Å². The number of esters is 1. The Balaban J connectivity index is 1.76. The molecule has 0 radical (unpaired) electrons. The van der Waals surface area contributed by atoms with Crippen LogP contribution in [-0.2, 0) is 11.3 Å². The first kappa shape index (κ1) is 18.3. The maximum Gasteiger partial charge on any atom is 0.341 e. The van der Waals surface area contributed by atoms with Crippen LogP contribution in [0.4, 0.5) is 0 Å². The molecule has 0 aromatic carbocycles. The molecule has 2 N–H and O–H groups in total. The number of rotatable bonds is 6. The number of methoxy groups -OCH3 is 1. The molecule has 2 heterocycles. The van der Waals surface area contributed by atoms with Gasteiger partial charge in [-0.2, -0.15) is 0 Å². The minimum atomic E-state index is -0.383. The molecule has 0 amide bonds. The van der Waals surface area contributed by atoms with Crippen LogP contribution in [0.2, 0.25) is 0 Å². The molecule has 1 aliphatic rings. The van der Waals surface area contributed by atoms with Crippen LogP contribution in [0.3, 0.4) is 0 Å². The summed E-state index contributed by atoms with van der Waals surface area (Å²) in [6, 6.07) is 1.70. The Hall–Kier alpha value is -2.02. The molecule has 0 saturated carbocycles. The third-order valence-electron chi connectivity index (χ3n) is 4.20. The minimum absolute atomic E-state index is 0.383. The summed E-state index contributed by atoms with van der Waals surface area (Å²) >= 11 is 0. The Morgan fingerprint density at radius 3 is 2.75 bits per heavy atom. The van der Waals surface area contributed by atoms with Crippen molar-refractivity contribution in [1.82, 2.24) is 15.5 Å². The monoisotopic (exact) mass is 336 g/mol. The number of ether oxygens (including phenoxy) is 1. The second kappa shape index (κ2) is 9.32. The molecule has 0 spiro atoms. The van der Waals surface area contributed by atoms with Gasteiger partial charge in [0.05, 0.1) is 13.7 Å². The highest BCUT2D eigenvalue weighted by Gasteiger charge is 2.15. The Morgan fingerprint density at radius 1 is 1.33 bits per heavy atom. The SMILES string of the molecule is CN=C(NCCN1CCCCC1)NCc1cc(C(=O)OC)c(C)o1. The van der Waals surface area contributed by atoms with Gasteiger partial charge in [-0.15, -0.1) is 0 Å². The van der Waals surface area contributed by atoms with Gasteiger partial charge in [-0.3, -0.25) is 4.99 Å². The number of aliphatic imine (C=N–C) groups is 1. The number of carbonyl (C=O) groups is 1. The van der Waals surface area contributed by atoms with Crippen molar-refractivity contribution in [2.24, 2.45) is 4.99 Å². The second-order valence-electron chi connectivity index (χ2n) is 5.93. The van der Waals surface area contributed by atoms with Crippen LogP contribution in [0.25, 0.3) is 0 Å². The van der Waals surface area contributed by atoms with E-state index >= 15 is 0 Å². The van der Waals surface area contributed by atoms with E-state index in [0.717, 1.165) is 19.0 Å². The molecular formula is C17H28N4O3. The summed E-state index contributed by atoms with van der Waals surface area (Å²) in [6.07, 6.45) is 3.95. The number of likely N-dealkylation sites (tertiary alicyclic amines) is 1. The molecule has 1 fully saturated rings. The molecule has 7 heteroatoms. The van der Waals surface area contributed by atoms with Crippen LogP contribution in [-0.4, -0.2) is 57.2 Å². The fraction of sp³-hybridized carbons (Fsp3) is 0.647. The van der Waals surface area contributed by atoms with Crippen molar-refractivity contribution in [1.29, 1.82) is 0 Å². The van der Waals surface area contributed by atoms with Gasteiger partial charge in [-0.25, -0.2) is 4.79 Å². The second-order valence-corrected chi connectivity index (χ2v) is 5.93. The maximum atomic E-state index is 11.6. The van der Waals surface area contributed by atoms with Gasteiger partial charge in [-0.1, -0.05) is 6.42 Å². The minimum Gasteiger partial charge on any atom is -0.465 e. The van der Waals surface area contributed by atoms with Crippen molar-refractivity contribution in [2.75, 3.05) is 40.3 Å². The van der Waals surface area contributed by atoms with Gasteiger partial charge in [0.25, 0.3) is 0 Å². The molecule has 1 aliphatic heterocycles. The number of carbonyl (C=O) groups excluding carboxylic acids is 1. The van der Waals surface area contributed by atoms with E-state index in [1.165, 1.54) is 39.5 Å². The summed E-state index contributed by atoms with van der Waals surface area (Å²) in [5.41, 5.74) is 0.461. The molecule has 134 valence electrons. The number of guanidine groups is 1. The predicted octanol–water partition coefficient (Wildman–Crippen LogP) is 1.53. The van der Waals surface area contributed by atoms with Gasteiger partial charge >= 0.3 is 5.97 Å². The van der Waals surface area contributed by atoms with Gasteiger partial charge in [-0.05, 0) is 38.9 Å². The summed E-state index contributed by atoms with van der Waals surface area (Å²) in [5.74, 6) is 1.57. The van der Waals surface area contributed by atoms with Crippen molar-refractivity contribution in [3.05, 3.63) is 23.2 Å². The fourth-order valence-electron chi connectivity index (χ4n) is 2.85. The fourth-order valence-corrected chi connectivity index (χ4v) is 2.85. The average molecular weight is 336 g/mol. The van der Waals surface area contributed by atoms with Gasteiger partial charge in [0.2, 0.25) is 0 Å². The van der Waals surface area contributed by atoms with E-state index in [9.17, 15) is 4.79 Å². The maximum absolute atomic E-state index is 11.6. The Bertz CT molecular complexity index is 562. The standard InChI is InChI=1S/C17H28N4O3/c1-13-15(16(22)23-3)11-14(24-13)12-20-17(18-2)19-7-10-21-8-5-4-6-9-21/h11H,4-10,12H2,1-3H3,(H2,18,19,20). The number of piperidine rings is 1. The van der Waals surface area contributed by atoms with Gasteiger partial charge in [0, 0.05) is 20.1 Å². The third-order valence-corrected chi connectivity index (χ3v) is 4.20. The lowest BCUT2D eigenvalue weighted by Gasteiger charge is -2.26. The molecule has 7 nitrogen and oxygen atoms in total. The molecule has 0 aliphatic carbocycles. The summed E-state index contributed by atoms with van der Waals surface area (Å²) in [5, 5.41) is 6.50. The van der Waals surface area contributed by atoms with Crippen LogP contribution in [0.1, 0.15) is 41.1 Å². The highest BCUT2D eigenvalue weighted by Crippen LogP contribution is 2.15. The van der Waals surface area contributed by atoms with E-state index in [0.29, 0.717) is 23.6 Å². The lowest BCUT2D eigenvalue weighted by molar-refractivity contribution is 0.0599. The zero-order chi connectivity index (χ0) is 17.4. The average Bonchev–Trinajstić information content (AvgIpc) is 2.99. The number of hydrogen-bond donors (Lipinski definition) is 2. The Labute approximate surface area is 143 Å². The van der Waals surface area contributed by atoms with E-state index in [2.05, 4.69) is 20.5 Å². The highest BCUT2D eigenvalue weighted by molar-refractivity contribution is 5.90.